The molecule has 0 spiro atoms. The zero-order valence-electron chi connectivity index (χ0n) is 10.9. The second-order valence-corrected chi connectivity index (χ2v) is 5.39. The summed E-state index contributed by atoms with van der Waals surface area (Å²) in [7, 11) is 0. The number of benzene rings is 1. The van der Waals surface area contributed by atoms with E-state index in [1.165, 1.54) is 11.1 Å². The van der Waals surface area contributed by atoms with Gasteiger partial charge in [0.1, 0.15) is 0 Å². The first kappa shape index (κ1) is 12.5. The normalized spacial score (nSPS) is 27.1. The molecule has 0 bridgehead atoms. The minimum absolute atomic E-state index is 0.00602. The molecule has 100 valence electrons. The first-order valence-corrected chi connectivity index (χ1v) is 6.65. The van der Waals surface area contributed by atoms with Crippen LogP contribution in [0.1, 0.15) is 16.7 Å². The summed E-state index contributed by atoms with van der Waals surface area (Å²) in [6, 6.07) is 6.03. The van der Waals surface area contributed by atoms with Crippen LogP contribution in [0.15, 0.2) is 30.4 Å². The Morgan fingerprint density at radius 2 is 2.16 bits per heavy atom. The van der Waals surface area contributed by atoms with Crippen molar-refractivity contribution in [3.8, 4) is 0 Å². The Kier molecular flexibility index (Phi) is 3.01. The molecule has 1 heterocycles. The first-order valence-electron chi connectivity index (χ1n) is 6.65. The van der Waals surface area contributed by atoms with Crippen molar-refractivity contribution in [3.05, 3.63) is 47.0 Å². The van der Waals surface area contributed by atoms with Crippen LogP contribution in [0, 0.1) is 0 Å². The van der Waals surface area contributed by atoms with Crippen LogP contribution < -0.4 is 11.5 Å². The van der Waals surface area contributed by atoms with Crippen molar-refractivity contribution in [2.24, 2.45) is 11.5 Å². The minimum Gasteiger partial charge on any atom is -0.326 e. The van der Waals surface area contributed by atoms with Crippen molar-refractivity contribution in [2.75, 3.05) is 6.54 Å². The molecular weight excluding hydrogens is 238 g/mol. The summed E-state index contributed by atoms with van der Waals surface area (Å²) >= 11 is 0. The second kappa shape index (κ2) is 4.56. The van der Waals surface area contributed by atoms with Gasteiger partial charge in [-0.05, 0) is 23.1 Å². The van der Waals surface area contributed by atoms with Crippen molar-refractivity contribution >= 4 is 5.78 Å². The van der Waals surface area contributed by atoms with Gasteiger partial charge in [-0.3, -0.25) is 9.69 Å². The van der Waals surface area contributed by atoms with Gasteiger partial charge < -0.3 is 11.5 Å². The molecule has 0 saturated heterocycles. The van der Waals surface area contributed by atoms with Crippen LogP contribution in [0.2, 0.25) is 0 Å². The molecule has 3 rings (SSSR count). The number of fused-ring (bicyclic) bond motifs is 1. The van der Waals surface area contributed by atoms with Crippen molar-refractivity contribution in [1.82, 2.24) is 4.90 Å². The van der Waals surface area contributed by atoms with E-state index in [1.54, 1.807) is 0 Å². The molecule has 1 aromatic rings. The molecular formula is C15H19N3O. The molecule has 2 unspecified atom stereocenters. The summed E-state index contributed by atoms with van der Waals surface area (Å²) in [6.45, 7) is 6.16. The maximum absolute atomic E-state index is 11.5. The number of hydrogen-bond donors (Lipinski definition) is 2. The summed E-state index contributed by atoms with van der Waals surface area (Å²) in [5.74, 6) is 0.00602. The van der Waals surface area contributed by atoms with E-state index in [0.717, 1.165) is 25.1 Å². The van der Waals surface area contributed by atoms with E-state index in [4.69, 9.17) is 11.5 Å². The van der Waals surface area contributed by atoms with Crippen LogP contribution in [0.3, 0.4) is 0 Å². The molecule has 2 atom stereocenters. The molecule has 0 amide bonds. The number of Topliss-reactive ketones (excluding diaryl/α,β-unsaturated/α-hetero) is 1. The number of hydrogen-bond acceptors (Lipinski definition) is 4. The van der Waals surface area contributed by atoms with E-state index in [1.807, 2.05) is 0 Å². The lowest BCUT2D eigenvalue weighted by Crippen LogP contribution is -2.63. The van der Waals surface area contributed by atoms with Gasteiger partial charge in [0.05, 0.1) is 12.1 Å². The van der Waals surface area contributed by atoms with Crippen LogP contribution in [0.4, 0.5) is 0 Å². The summed E-state index contributed by atoms with van der Waals surface area (Å²) in [5, 5.41) is 0. The average molecular weight is 257 g/mol. The van der Waals surface area contributed by atoms with Gasteiger partial charge in [-0.2, -0.15) is 0 Å². The van der Waals surface area contributed by atoms with E-state index in [2.05, 4.69) is 29.7 Å². The summed E-state index contributed by atoms with van der Waals surface area (Å²) in [5.41, 5.74) is 16.1. The van der Waals surface area contributed by atoms with E-state index in [9.17, 15) is 4.79 Å². The Balaban J connectivity index is 1.82. The van der Waals surface area contributed by atoms with Gasteiger partial charge in [-0.15, -0.1) is 0 Å². The Bertz CT molecular complexity index is 552. The fraction of sp³-hybridized carbons (Fsp3) is 0.400. The highest BCUT2D eigenvalue weighted by molar-refractivity contribution is 6.08. The third-order valence-corrected chi connectivity index (χ3v) is 4.26. The van der Waals surface area contributed by atoms with E-state index < -0.39 is 6.04 Å². The SMILES string of the molecule is C=C1C(=O)C(N)C1N1CCc2ccc(CN)cc2C1. The van der Waals surface area contributed by atoms with Crippen molar-refractivity contribution in [1.29, 1.82) is 0 Å². The Morgan fingerprint density at radius 1 is 1.37 bits per heavy atom. The fourth-order valence-electron chi connectivity index (χ4n) is 3.07. The lowest BCUT2D eigenvalue weighted by atomic mass is 9.78. The number of ketones is 1. The monoisotopic (exact) mass is 257 g/mol. The van der Waals surface area contributed by atoms with Gasteiger partial charge >= 0.3 is 0 Å². The molecule has 1 fully saturated rings. The average Bonchev–Trinajstić information content (AvgIpc) is 2.46. The standard InChI is InChI=1S/C15H19N3O/c1-9-14(13(17)15(9)19)18-5-4-11-3-2-10(7-16)6-12(11)8-18/h2-3,6,13-14H,1,4-5,7-8,16-17H2. The van der Waals surface area contributed by atoms with Crippen LogP contribution >= 0.6 is 0 Å². The lowest BCUT2D eigenvalue weighted by molar-refractivity contribution is -0.123. The molecule has 1 aliphatic heterocycles. The maximum atomic E-state index is 11.5. The van der Waals surface area contributed by atoms with E-state index in [0.29, 0.717) is 12.1 Å². The Morgan fingerprint density at radius 3 is 2.84 bits per heavy atom. The molecule has 1 saturated carbocycles. The number of nitrogens with two attached hydrogens (primary N) is 2. The van der Waals surface area contributed by atoms with Gasteiger partial charge in [-0.1, -0.05) is 24.8 Å². The first-order chi connectivity index (χ1) is 9.11. The van der Waals surface area contributed by atoms with Crippen molar-refractivity contribution < 1.29 is 4.79 Å². The quantitative estimate of drug-likeness (QED) is 0.749. The summed E-state index contributed by atoms with van der Waals surface area (Å²) in [4.78, 5) is 13.8. The highest BCUT2D eigenvalue weighted by atomic mass is 16.1. The predicted molar refractivity (Wildman–Crippen MR) is 74.4 cm³/mol. The van der Waals surface area contributed by atoms with Gasteiger partial charge in [0.15, 0.2) is 5.78 Å². The largest absolute Gasteiger partial charge is 0.326 e. The maximum Gasteiger partial charge on any atom is 0.178 e. The highest BCUT2D eigenvalue weighted by Gasteiger charge is 2.45. The Hall–Kier alpha value is -1.49. The lowest BCUT2D eigenvalue weighted by Gasteiger charge is -2.44. The summed E-state index contributed by atoms with van der Waals surface area (Å²) in [6.07, 6.45) is 0.991. The smallest absolute Gasteiger partial charge is 0.178 e. The third kappa shape index (κ3) is 1.92. The Labute approximate surface area is 113 Å². The molecule has 0 aromatic heterocycles. The molecule has 4 heteroatoms. The fourth-order valence-corrected chi connectivity index (χ4v) is 3.07. The number of rotatable bonds is 2. The molecule has 0 radical (unpaired) electrons. The molecule has 1 aliphatic carbocycles. The van der Waals surface area contributed by atoms with Gasteiger partial charge in [0, 0.05) is 25.2 Å². The van der Waals surface area contributed by atoms with Crippen LogP contribution in [-0.2, 0) is 24.3 Å². The van der Waals surface area contributed by atoms with Crippen LogP contribution in [0.25, 0.3) is 0 Å². The second-order valence-electron chi connectivity index (χ2n) is 5.39. The van der Waals surface area contributed by atoms with E-state index in [-0.39, 0.29) is 11.8 Å². The van der Waals surface area contributed by atoms with Crippen molar-refractivity contribution in [2.45, 2.75) is 31.6 Å². The molecule has 1 aromatic carbocycles. The highest BCUT2D eigenvalue weighted by Crippen LogP contribution is 2.30. The van der Waals surface area contributed by atoms with Gasteiger partial charge in [0.25, 0.3) is 0 Å². The summed E-state index contributed by atoms with van der Waals surface area (Å²) < 4.78 is 0. The van der Waals surface area contributed by atoms with Crippen LogP contribution in [0.5, 0.6) is 0 Å². The van der Waals surface area contributed by atoms with E-state index >= 15 is 0 Å². The molecule has 4 nitrogen and oxygen atoms in total. The number of carbonyl (C=O) groups excluding carboxylic acids is 1. The molecule has 4 N–H and O–H groups in total. The zero-order valence-corrected chi connectivity index (χ0v) is 10.9. The third-order valence-electron chi connectivity index (χ3n) is 4.26. The minimum atomic E-state index is -0.397. The molecule has 2 aliphatic rings. The predicted octanol–water partition coefficient (Wildman–Crippen LogP) is 0.338. The topological polar surface area (TPSA) is 72.4 Å². The van der Waals surface area contributed by atoms with Crippen molar-refractivity contribution in [3.63, 3.8) is 0 Å². The zero-order chi connectivity index (χ0) is 13.6. The molecule has 19 heavy (non-hydrogen) atoms. The van der Waals surface area contributed by atoms with Gasteiger partial charge in [-0.25, -0.2) is 0 Å². The number of nitrogens with zero attached hydrogens (tertiary/aromatic N) is 1. The van der Waals surface area contributed by atoms with Crippen LogP contribution in [-0.4, -0.2) is 29.3 Å². The number of carbonyl (C=O) groups is 1. The van der Waals surface area contributed by atoms with Gasteiger partial charge in [0.2, 0.25) is 0 Å².